The third kappa shape index (κ3) is 4.19. The molecular weight excluding hydrogens is 446 g/mol. The lowest BCUT2D eigenvalue weighted by Gasteiger charge is -2.30. The van der Waals surface area contributed by atoms with Gasteiger partial charge in [-0.25, -0.2) is 0 Å². The molecule has 3 aromatic rings. The third-order valence-electron chi connectivity index (χ3n) is 6.63. The van der Waals surface area contributed by atoms with Gasteiger partial charge in [-0.15, -0.1) is 0 Å². The topological polar surface area (TPSA) is 103 Å². The van der Waals surface area contributed by atoms with E-state index in [9.17, 15) is 14.9 Å². The fourth-order valence-corrected chi connectivity index (χ4v) is 4.87. The molecule has 0 spiro atoms. The van der Waals surface area contributed by atoms with Gasteiger partial charge in [0.25, 0.3) is 5.69 Å². The van der Waals surface area contributed by atoms with Gasteiger partial charge in [0, 0.05) is 29.8 Å². The molecule has 2 aliphatic rings. The van der Waals surface area contributed by atoms with Gasteiger partial charge in [0.2, 0.25) is 0 Å². The number of hydrogen-bond donors (Lipinski definition) is 2. The van der Waals surface area contributed by atoms with E-state index in [0.29, 0.717) is 29.9 Å². The van der Waals surface area contributed by atoms with Crippen LogP contribution >= 0.6 is 0 Å². The number of nitrogens with one attached hydrogen (secondary N) is 2. The molecule has 0 saturated heterocycles. The van der Waals surface area contributed by atoms with E-state index in [0.717, 1.165) is 28.2 Å². The standard InChI is InChI=1S/C27H25N3O5/c1-34-24-12-9-17(15-25(24)35-2)18-13-22-26(23(31)14-18)27(16-7-10-19(11-8-16)30(32)33)29-21-6-4-3-5-20(21)28-22/h3-12,15,18,27-29H,13-14H2,1-2H3/t18-,27-/m1/s1. The smallest absolute Gasteiger partial charge is 0.269 e. The first kappa shape index (κ1) is 22.5. The van der Waals surface area contributed by atoms with Crippen LogP contribution < -0.4 is 20.1 Å². The Hall–Kier alpha value is -4.33. The molecule has 0 saturated carbocycles. The van der Waals surface area contributed by atoms with Crippen LogP contribution in [0, 0.1) is 10.1 Å². The average molecular weight is 472 g/mol. The molecule has 1 aliphatic carbocycles. The van der Waals surface area contributed by atoms with Crippen molar-refractivity contribution >= 4 is 22.8 Å². The molecule has 1 aliphatic heterocycles. The van der Waals surface area contributed by atoms with Gasteiger partial charge < -0.3 is 20.1 Å². The van der Waals surface area contributed by atoms with Crippen molar-refractivity contribution in [2.24, 2.45) is 0 Å². The Balaban J connectivity index is 1.57. The van der Waals surface area contributed by atoms with Crippen LogP contribution in [-0.4, -0.2) is 24.9 Å². The Morgan fingerprint density at radius 3 is 2.26 bits per heavy atom. The van der Waals surface area contributed by atoms with Crippen molar-refractivity contribution in [3.8, 4) is 11.5 Å². The number of benzene rings is 3. The van der Waals surface area contributed by atoms with Gasteiger partial charge in [-0.2, -0.15) is 0 Å². The zero-order valence-electron chi connectivity index (χ0n) is 19.4. The van der Waals surface area contributed by atoms with Crippen molar-refractivity contribution in [3.05, 3.63) is 99.2 Å². The number of non-ortho nitro benzene ring substituents is 1. The van der Waals surface area contributed by atoms with E-state index >= 15 is 0 Å². The van der Waals surface area contributed by atoms with Gasteiger partial charge in [-0.3, -0.25) is 14.9 Å². The van der Waals surface area contributed by atoms with Crippen molar-refractivity contribution in [1.82, 2.24) is 0 Å². The molecule has 35 heavy (non-hydrogen) atoms. The molecule has 8 heteroatoms. The van der Waals surface area contributed by atoms with E-state index in [4.69, 9.17) is 9.47 Å². The predicted molar refractivity (Wildman–Crippen MR) is 133 cm³/mol. The summed E-state index contributed by atoms with van der Waals surface area (Å²) < 4.78 is 10.8. The number of methoxy groups -OCH3 is 2. The average Bonchev–Trinajstić information content (AvgIpc) is 3.05. The molecule has 0 aromatic heterocycles. The number of carbonyl (C=O) groups excluding carboxylic acids is 1. The monoisotopic (exact) mass is 471 g/mol. The number of allylic oxidation sites excluding steroid dienone is 1. The summed E-state index contributed by atoms with van der Waals surface area (Å²) in [4.78, 5) is 24.4. The number of anilines is 2. The minimum atomic E-state index is -0.430. The molecule has 178 valence electrons. The summed E-state index contributed by atoms with van der Waals surface area (Å²) in [6, 6.07) is 19.5. The molecule has 1 heterocycles. The van der Waals surface area contributed by atoms with Crippen molar-refractivity contribution in [1.29, 1.82) is 0 Å². The zero-order chi connectivity index (χ0) is 24.5. The number of carbonyl (C=O) groups is 1. The maximum absolute atomic E-state index is 13.7. The lowest BCUT2D eigenvalue weighted by molar-refractivity contribution is -0.384. The number of fused-ring (bicyclic) bond motifs is 1. The predicted octanol–water partition coefficient (Wildman–Crippen LogP) is 5.59. The Morgan fingerprint density at radius 2 is 1.57 bits per heavy atom. The van der Waals surface area contributed by atoms with Crippen LogP contribution in [0.2, 0.25) is 0 Å². The second-order valence-electron chi connectivity index (χ2n) is 8.63. The number of rotatable bonds is 5. The molecule has 2 N–H and O–H groups in total. The normalized spacial score (nSPS) is 19.0. The van der Waals surface area contributed by atoms with Crippen LogP contribution in [0.25, 0.3) is 0 Å². The maximum atomic E-state index is 13.7. The number of para-hydroxylation sites is 2. The molecule has 0 amide bonds. The van der Waals surface area contributed by atoms with Crippen molar-refractivity contribution in [2.45, 2.75) is 24.8 Å². The fraction of sp³-hybridized carbons (Fsp3) is 0.222. The molecular formula is C27H25N3O5. The van der Waals surface area contributed by atoms with Crippen LogP contribution in [0.5, 0.6) is 11.5 Å². The summed E-state index contributed by atoms with van der Waals surface area (Å²) in [5.41, 5.74) is 5.05. The highest BCUT2D eigenvalue weighted by Gasteiger charge is 2.36. The van der Waals surface area contributed by atoms with E-state index in [1.165, 1.54) is 12.1 Å². The van der Waals surface area contributed by atoms with Crippen LogP contribution in [0.3, 0.4) is 0 Å². The van der Waals surface area contributed by atoms with E-state index in [1.54, 1.807) is 26.4 Å². The van der Waals surface area contributed by atoms with Crippen LogP contribution in [0.4, 0.5) is 17.1 Å². The second-order valence-corrected chi connectivity index (χ2v) is 8.63. The van der Waals surface area contributed by atoms with E-state index in [-0.39, 0.29) is 17.4 Å². The first-order chi connectivity index (χ1) is 17.0. The molecule has 0 bridgehead atoms. The highest BCUT2D eigenvalue weighted by Crippen LogP contribution is 2.45. The van der Waals surface area contributed by atoms with E-state index in [2.05, 4.69) is 10.6 Å². The molecule has 5 rings (SSSR count). The number of ketones is 1. The Morgan fingerprint density at radius 1 is 0.886 bits per heavy atom. The van der Waals surface area contributed by atoms with E-state index < -0.39 is 11.0 Å². The minimum Gasteiger partial charge on any atom is -0.493 e. The number of nitro groups is 1. The van der Waals surface area contributed by atoms with Gasteiger partial charge in [0.1, 0.15) is 0 Å². The Bertz CT molecular complexity index is 1330. The summed E-state index contributed by atoms with van der Waals surface area (Å²) in [5, 5.41) is 18.1. The van der Waals surface area contributed by atoms with Crippen LogP contribution in [-0.2, 0) is 4.79 Å². The van der Waals surface area contributed by atoms with E-state index in [1.807, 2.05) is 42.5 Å². The molecule has 0 radical (unpaired) electrons. The Labute approximate surface area is 202 Å². The summed E-state index contributed by atoms with van der Waals surface area (Å²) in [7, 11) is 3.19. The highest BCUT2D eigenvalue weighted by molar-refractivity contribution is 6.01. The number of ether oxygens (including phenoxy) is 2. The lowest BCUT2D eigenvalue weighted by Crippen LogP contribution is -2.26. The van der Waals surface area contributed by atoms with Gasteiger partial charge in [-0.1, -0.05) is 18.2 Å². The van der Waals surface area contributed by atoms with Gasteiger partial charge in [0.15, 0.2) is 17.3 Å². The van der Waals surface area contributed by atoms with Crippen LogP contribution in [0.15, 0.2) is 78.0 Å². The number of hydrogen-bond acceptors (Lipinski definition) is 7. The molecule has 0 fully saturated rings. The summed E-state index contributed by atoms with van der Waals surface area (Å²) >= 11 is 0. The van der Waals surface area contributed by atoms with Crippen molar-refractivity contribution in [3.63, 3.8) is 0 Å². The first-order valence-corrected chi connectivity index (χ1v) is 11.3. The van der Waals surface area contributed by atoms with Crippen molar-refractivity contribution < 1.29 is 19.2 Å². The molecule has 0 unspecified atom stereocenters. The molecule has 2 atom stereocenters. The Kier molecular flexibility index (Phi) is 5.86. The first-order valence-electron chi connectivity index (χ1n) is 11.3. The summed E-state index contributed by atoms with van der Waals surface area (Å²) in [6.45, 7) is 0. The number of nitrogens with zero attached hydrogens (tertiary/aromatic N) is 1. The van der Waals surface area contributed by atoms with Gasteiger partial charge in [0.05, 0.1) is 36.6 Å². The van der Waals surface area contributed by atoms with Gasteiger partial charge >= 0.3 is 0 Å². The minimum absolute atomic E-state index is 0.0126. The highest BCUT2D eigenvalue weighted by atomic mass is 16.6. The summed E-state index contributed by atoms with van der Waals surface area (Å²) in [5.74, 6) is 1.27. The lowest BCUT2D eigenvalue weighted by atomic mass is 9.78. The van der Waals surface area contributed by atoms with Crippen molar-refractivity contribution in [2.75, 3.05) is 24.9 Å². The number of nitro benzene ring substituents is 1. The molecule has 3 aromatic carbocycles. The van der Waals surface area contributed by atoms with Crippen LogP contribution in [0.1, 0.15) is 35.9 Å². The number of Topliss-reactive ketones (excluding diaryl/α,β-unsaturated/α-hetero) is 1. The van der Waals surface area contributed by atoms with Gasteiger partial charge in [-0.05, 0) is 59.9 Å². The SMILES string of the molecule is COc1ccc([C@H]2CC(=O)C3=C(C2)Nc2ccccc2N[C@@H]3c2ccc([N+](=O)[O-])cc2)cc1OC. The largest absolute Gasteiger partial charge is 0.493 e. The fourth-order valence-electron chi connectivity index (χ4n) is 4.87. The molecule has 8 nitrogen and oxygen atoms in total. The second kappa shape index (κ2) is 9.13. The quantitative estimate of drug-likeness (QED) is 0.369. The third-order valence-corrected chi connectivity index (χ3v) is 6.63. The zero-order valence-corrected chi connectivity index (χ0v) is 19.4. The summed E-state index contributed by atoms with van der Waals surface area (Å²) in [6.07, 6.45) is 0.980. The maximum Gasteiger partial charge on any atom is 0.269 e.